The number of thiophene rings is 1. The Labute approximate surface area is 124 Å². The number of amides is 1. The lowest BCUT2D eigenvalue weighted by atomic mass is 10.2. The van der Waals surface area contributed by atoms with Crippen LogP contribution in [0.25, 0.3) is 0 Å². The zero-order chi connectivity index (χ0) is 15.2. The van der Waals surface area contributed by atoms with E-state index in [0.717, 1.165) is 5.56 Å². The van der Waals surface area contributed by atoms with Gasteiger partial charge in [-0.2, -0.15) is 8.78 Å². The molecule has 1 N–H and O–H groups in total. The molecule has 1 aromatic heterocycles. The van der Waals surface area contributed by atoms with Gasteiger partial charge in [0.25, 0.3) is 5.91 Å². The molecule has 112 valence electrons. The molecule has 0 saturated carbocycles. The number of halogens is 2. The van der Waals surface area contributed by atoms with Gasteiger partial charge < -0.3 is 14.8 Å². The van der Waals surface area contributed by atoms with Gasteiger partial charge in [0.2, 0.25) is 0 Å². The predicted molar refractivity (Wildman–Crippen MR) is 75.1 cm³/mol. The topological polar surface area (TPSA) is 47.6 Å². The Kier molecular flexibility index (Phi) is 5.10. The van der Waals surface area contributed by atoms with E-state index in [1.807, 2.05) is 5.38 Å². The first-order valence-corrected chi connectivity index (χ1v) is 6.91. The van der Waals surface area contributed by atoms with Gasteiger partial charge in [-0.05, 0) is 29.1 Å². The molecule has 0 saturated heterocycles. The summed E-state index contributed by atoms with van der Waals surface area (Å²) in [6, 6.07) is 8.04. The maximum absolute atomic E-state index is 12.2. The molecule has 1 aromatic carbocycles. The molecule has 0 aliphatic rings. The fraction of sp³-hybridized carbons (Fsp3) is 0.214. The van der Waals surface area contributed by atoms with Crippen LogP contribution in [0.2, 0.25) is 0 Å². The minimum absolute atomic E-state index is 0.0409. The lowest BCUT2D eigenvalue weighted by Gasteiger charge is -2.11. The van der Waals surface area contributed by atoms with Crippen molar-refractivity contribution < 1.29 is 23.0 Å². The SMILES string of the molecule is COc1cc(CNC(=O)c2cccs2)ccc1OC(F)F. The molecule has 21 heavy (non-hydrogen) atoms. The van der Waals surface area contributed by atoms with E-state index in [0.29, 0.717) is 4.88 Å². The predicted octanol–water partition coefficient (Wildman–Crippen LogP) is 3.29. The first-order chi connectivity index (χ1) is 10.1. The summed E-state index contributed by atoms with van der Waals surface area (Å²) in [5.74, 6) is -0.0316. The van der Waals surface area contributed by atoms with Crippen LogP contribution in [0.1, 0.15) is 15.2 Å². The number of hydrogen-bond acceptors (Lipinski definition) is 4. The van der Waals surface area contributed by atoms with Crippen LogP contribution >= 0.6 is 11.3 Å². The molecule has 7 heteroatoms. The van der Waals surface area contributed by atoms with Gasteiger partial charge in [-0.25, -0.2) is 0 Å². The second-order valence-electron chi connectivity index (χ2n) is 4.02. The zero-order valence-corrected chi connectivity index (χ0v) is 12.0. The summed E-state index contributed by atoms with van der Waals surface area (Å²) >= 11 is 1.34. The van der Waals surface area contributed by atoms with Crippen LogP contribution in [-0.2, 0) is 6.54 Å². The number of carbonyl (C=O) groups excluding carboxylic acids is 1. The maximum Gasteiger partial charge on any atom is 0.387 e. The highest BCUT2D eigenvalue weighted by molar-refractivity contribution is 7.12. The monoisotopic (exact) mass is 313 g/mol. The van der Waals surface area contributed by atoms with Gasteiger partial charge in [0, 0.05) is 6.54 Å². The van der Waals surface area contributed by atoms with Gasteiger partial charge in [0.1, 0.15) is 0 Å². The van der Waals surface area contributed by atoms with Gasteiger partial charge >= 0.3 is 6.61 Å². The number of benzene rings is 1. The summed E-state index contributed by atoms with van der Waals surface area (Å²) in [5, 5.41) is 4.55. The van der Waals surface area contributed by atoms with Crippen LogP contribution < -0.4 is 14.8 Å². The number of rotatable bonds is 6. The summed E-state index contributed by atoms with van der Waals surface area (Å²) in [7, 11) is 1.36. The molecule has 2 aromatic rings. The van der Waals surface area contributed by atoms with Gasteiger partial charge in [-0.1, -0.05) is 12.1 Å². The molecule has 0 spiro atoms. The minimum Gasteiger partial charge on any atom is -0.493 e. The van der Waals surface area contributed by atoms with E-state index in [-0.39, 0.29) is 24.0 Å². The van der Waals surface area contributed by atoms with Crippen LogP contribution in [0.3, 0.4) is 0 Å². The van der Waals surface area contributed by atoms with Crippen LogP contribution in [-0.4, -0.2) is 19.6 Å². The Balaban J connectivity index is 2.02. The summed E-state index contributed by atoms with van der Waals surface area (Å²) in [6.45, 7) is -2.65. The lowest BCUT2D eigenvalue weighted by molar-refractivity contribution is -0.0512. The van der Waals surface area contributed by atoms with Crippen molar-refractivity contribution in [3.63, 3.8) is 0 Å². The van der Waals surface area contributed by atoms with E-state index in [4.69, 9.17) is 4.74 Å². The van der Waals surface area contributed by atoms with Gasteiger partial charge in [0.15, 0.2) is 11.5 Å². The highest BCUT2D eigenvalue weighted by Crippen LogP contribution is 2.29. The van der Waals surface area contributed by atoms with Gasteiger partial charge in [-0.3, -0.25) is 4.79 Å². The average Bonchev–Trinajstić information content (AvgIpc) is 2.99. The van der Waals surface area contributed by atoms with E-state index in [1.165, 1.54) is 24.5 Å². The first kappa shape index (κ1) is 15.2. The second-order valence-corrected chi connectivity index (χ2v) is 4.97. The average molecular weight is 313 g/mol. The molecule has 1 amide bonds. The van der Waals surface area contributed by atoms with Crippen molar-refractivity contribution in [2.45, 2.75) is 13.2 Å². The number of ether oxygens (including phenoxy) is 2. The fourth-order valence-corrected chi connectivity index (χ4v) is 2.33. The molecule has 0 bridgehead atoms. The molecular weight excluding hydrogens is 300 g/mol. The molecule has 1 heterocycles. The van der Waals surface area contributed by atoms with Gasteiger partial charge in [0.05, 0.1) is 12.0 Å². The van der Waals surface area contributed by atoms with Crippen molar-refractivity contribution in [1.82, 2.24) is 5.32 Å². The molecule has 0 radical (unpaired) electrons. The van der Waals surface area contributed by atoms with Crippen LogP contribution in [0.15, 0.2) is 35.7 Å². The molecule has 4 nitrogen and oxygen atoms in total. The smallest absolute Gasteiger partial charge is 0.387 e. The summed E-state index contributed by atoms with van der Waals surface area (Å²) < 4.78 is 33.8. The van der Waals surface area contributed by atoms with Crippen molar-refractivity contribution in [2.24, 2.45) is 0 Å². The zero-order valence-electron chi connectivity index (χ0n) is 11.1. The standard InChI is InChI=1S/C14H13F2NO3S/c1-19-11-7-9(4-5-10(11)20-14(15)16)8-17-13(18)12-3-2-6-21-12/h2-7,14H,8H2,1H3,(H,17,18). The van der Waals surface area contributed by atoms with E-state index in [1.54, 1.807) is 24.3 Å². The number of hydrogen-bond donors (Lipinski definition) is 1. The van der Waals surface area contributed by atoms with Crippen molar-refractivity contribution in [1.29, 1.82) is 0 Å². The largest absolute Gasteiger partial charge is 0.493 e. The number of nitrogens with one attached hydrogen (secondary N) is 1. The Morgan fingerprint density at radius 1 is 1.33 bits per heavy atom. The fourth-order valence-electron chi connectivity index (χ4n) is 1.69. The van der Waals surface area contributed by atoms with Crippen molar-refractivity contribution in [3.05, 3.63) is 46.2 Å². The molecule has 2 rings (SSSR count). The van der Waals surface area contributed by atoms with E-state index >= 15 is 0 Å². The Morgan fingerprint density at radius 2 is 2.14 bits per heavy atom. The Morgan fingerprint density at radius 3 is 2.76 bits per heavy atom. The minimum atomic E-state index is -2.91. The number of carbonyl (C=O) groups is 1. The van der Waals surface area contributed by atoms with Crippen molar-refractivity contribution in [3.8, 4) is 11.5 Å². The molecular formula is C14H13F2NO3S. The Hall–Kier alpha value is -2.15. The summed E-state index contributed by atoms with van der Waals surface area (Å²) in [6.07, 6.45) is 0. The number of alkyl halides is 2. The third-order valence-corrected chi connectivity index (χ3v) is 3.51. The lowest BCUT2D eigenvalue weighted by Crippen LogP contribution is -2.21. The van der Waals surface area contributed by atoms with Crippen LogP contribution in [0.4, 0.5) is 8.78 Å². The van der Waals surface area contributed by atoms with Gasteiger partial charge in [-0.15, -0.1) is 11.3 Å². The third-order valence-electron chi connectivity index (χ3n) is 2.64. The van der Waals surface area contributed by atoms with Crippen LogP contribution in [0, 0.1) is 0 Å². The third kappa shape index (κ3) is 4.16. The highest BCUT2D eigenvalue weighted by Gasteiger charge is 2.12. The normalized spacial score (nSPS) is 10.5. The van der Waals surface area contributed by atoms with Crippen molar-refractivity contribution in [2.75, 3.05) is 7.11 Å². The van der Waals surface area contributed by atoms with E-state index in [2.05, 4.69) is 10.1 Å². The Bertz CT molecular complexity index is 602. The summed E-state index contributed by atoms with van der Waals surface area (Å²) in [4.78, 5) is 12.4. The molecule has 0 unspecified atom stereocenters. The maximum atomic E-state index is 12.2. The number of methoxy groups -OCH3 is 1. The quantitative estimate of drug-likeness (QED) is 0.890. The van der Waals surface area contributed by atoms with Crippen LogP contribution in [0.5, 0.6) is 11.5 Å². The van der Waals surface area contributed by atoms with E-state index < -0.39 is 6.61 Å². The second kappa shape index (κ2) is 7.03. The first-order valence-electron chi connectivity index (χ1n) is 6.03. The summed E-state index contributed by atoms with van der Waals surface area (Å²) in [5.41, 5.74) is 0.721. The molecule has 0 aliphatic carbocycles. The van der Waals surface area contributed by atoms with E-state index in [9.17, 15) is 13.6 Å². The molecule has 0 atom stereocenters. The molecule has 0 fully saturated rings. The van der Waals surface area contributed by atoms with Crippen molar-refractivity contribution >= 4 is 17.2 Å². The molecule has 0 aliphatic heterocycles. The highest BCUT2D eigenvalue weighted by atomic mass is 32.1.